The Morgan fingerprint density at radius 3 is 2.40 bits per heavy atom. The third-order valence-electron chi connectivity index (χ3n) is 16.7. The molecule has 6 amide bonds. The number of epoxide rings is 1. The number of hydrogen-bond donors (Lipinski definition) is 7. The lowest BCUT2D eigenvalue weighted by Crippen LogP contribution is -2.49. The number of ether oxygens (including phenoxy) is 3. The second-order valence-corrected chi connectivity index (χ2v) is 24.7. The minimum Gasteiger partial charge on any atom is -0.457 e. The van der Waals surface area contributed by atoms with Crippen molar-refractivity contribution in [3.63, 3.8) is 0 Å². The molecule has 1 aromatic rings. The number of rotatable bonds is 26. The van der Waals surface area contributed by atoms with Crippen molar-refractivity contribution in [2.75, 3.05) is 39.5 Å². The van der Waals surface area contributed by atoms with Gasteiger partial charge in [0.05, 0.1) is 48.5 Å². The largest absolute Gasteiger partial charge is 0.457 e. The van der Waals surface area contributed by atoms with Gasteiger partial charge in [0.25, 0.3) is 5.91 Å². The van der Waals surface area contributed by atoms with Gasteiger partial charge in [-0.2, -0.15) is 24.9 Å². The summed E-state index contributed by atoms with van der Waals surface area (Å²) in [6, 6.07) is 3.58. The minimum atomic E-state index is -4.76. The first kappa shape index (κ1) is 65.8. The van der Waals surface area contributed by atoms with E-state index in [1.165, 1.54) is 24.0 Å². The third kappa shape index (κ3) is 18.3. The quantitative estimate of drug-likeness (QED) is 0.0159. The molecule has 24 heteroatoms. The molecule has 7 N–H and O–H groups in total. The maximum absolute atomic E-state index is 14.1. The number of nitrogens with one attached hydrogen (secondary N) is 4. The fourth-order valence-corrected chi connectivity index (χ4v) is 12.6. The zero-order valence-corrected chi connectivity index (χ0v) is 49.4. The predicted molar refractivity (Wildman–Crippen MR) is 301 cm³/mol. The first-order valence-corrected chi connectivity index (χ1v) is 30.1. The van der Waals surface area contributed by atoms with Crippen LogP contribution < -0.4 is 21.3 Å². The maximum atomic E-state index is 14.1. The Hall–Kier alpha value is -5.30. The average Bonchev–Trinajstić information content (AvgIpc) is 3.28. The number of aliphatic hydroxyl groups is 3. The first-order chi connectivity index (χ1) is 38.7. The van der Waals surface area contributed by atoms with E-state index in [0.29, 0.717) is 38.5 Å². The molecule has 6 rings (SSSR count). The van der Waals surface area contributed by atoms with Gasteiger partial charge < -0.3 is 60.6 Å². The summed E-state index contributed by atoms with van der Waals surface area (Å²) in [7, 11) is 3.19. The van der Waals surface area contributed by atoms with Crippen LogP contribution >= 0.6 is 11.8 Å². The highest BCUT2D eigenvalue weighted by Crippen LogP contribution is 2.52. The summed E-state index contributed by atoms with van der Waals surface area (Å²) in [6.07, 6.45) is 2.30. The van der Waals surface area contributed by atoms with Crippen LogP contribution in [0.4, 0.5) is 22.8 Å². The molecule has 1 aromatic carbocycles. The highest BCUT2D eigenvalue weighted by molar-refractivity contribution is 8.00. The van der Waals surface area contributed by atoms with Crippen molar-refractivity contribution in [1.29, 1.82) is 0 Å². The fraction of sp³-hybridized carbons (Fsp3) is 0.724. The van der Waals surface area contributed by atoms with Crippen molar-refractivity contribution in [3.05, 3.63) is 59.2 Å². The van der Waals surface area contributed by atoms with E-state index in [1.807, 2.05) is 51.6 Å². The number of fused-ring (bicyclic) bond motifs is 1. The maximum Gasteiger partial charge on any atom is 0.442 e. The normalized spacial score (nSPS) is 28.7. The van der Waals surface area contributed by atoms with Crippen LogP contribution in [0, 0.1) is 17.8 Å². The highest BCUT2D eigenvalue weighted by atomic mass is 32.2. The molecule has 0 radical (unpaired) electrons. The standard InChI is InChI=1S/C58H87F3N8O12S/c1-9-43(71)37(5)51-44(79-51)31-34(2)15-14-16-35(3)50-36(4)20-25-46(56(6,78)27-26-40(70)32-48(73)81-50)80-55(77)62-28-13-12-17-41(63-52(74)38-21-23-39(24-22-38)57(66-67-57)58(59,60)61)53(75)69(8)30-29-68(7)47(72)19-11-10-18-45-49-42(33-82-45)64-54(76)65-49/h14-16,21-24,34,36-37,40-46,49-51,70-71,78H,9-13,17-20,25-33H2,1-8H3,(H,62,77)(H,63,74)(H2,64,65,76)/b15-14+,35-16+/t34-,36+,37-,40-,41+,42-,43+,44-,45-,46+,49-,50-,51-,56-/m1/s1. The van der Waals surface area contributed by atoms with Crippen LogP contribution in [0.15, 0.2) is 58.3 Å². The molecular formula is C58H87F3N8O12S. The lowest BCUT2D eigenvalue weighted by atomic mass is 9.85. The molecule has 4 fully saturated rings. The molecule has 458 valence electrons. The smallest absolute Gasteiger partial charge is 0.442 e. The van der Waals surface area contributed by atoms with Gasteiger partial charge in [0.15, 0.2) is 0 Å². The van der Waals surface area contributed by atoms with Crippen LogP contribution in [0.2, 0.25) is 0 Å². The van der Waals surface area contributed by atoms with E-state index in [1.54, 1.807) is 19.0 Å². The number of alkyl halides is 3. The number of carbonyl (C=O) groups excluding carboxylic acids is 6. The fourth-order valence-electron chi connectivity index (χ4n) is 11.0. The lowest BCUT2D eigenvalue weighted by molar-refractivity contribution is -0.166. The number of cyclic esters (lactones) is 1. The molecule has 4 saturated heterocycles. The number of halogens is 3. The zero-order valence-electron chi connectivity index (χ0n) is 48.6. The Balaban J connectivity index is 1.01. The van der Waals surface area contributed by atoms with Gasteiger partial charge in [-0.25, -0.2) is 9.59 Å². The molecule has 82 heavy (non-hydrogen) atoms. The number of hydrogen-bond acceptors (Lipinski definition) is 15. The number of esters is 1. The van der Waals surface area contributed by atoms with Gasteiger partial charge in [-0.1, -0.05) is 64.5 Å². The van der Waals surface area contributed by atoms with Crippen LogP contribution in [0.3, 0.4) is 0 Å². The monoisotopic (exact) mass is 1180 g/mol. The number of amides is 6. The number of thioether (sulfide) groups is 1. The summed E-state index contributed by atoms with van der Waals surface area (Å²) in [6.45, 7) is 11.7. The summed E-state index contributed by atoms with van der Waals surface area (Å²) in [5.41, 5.74) is -3.77. The molecule has 0 saturated carbocycles. The van der Waals surface area contributed by atoms with E-state index >= 15 is 0 Å². The van der Waals surface area contributed by atoms with E-state index in [2.05, 4.69) is 44.5 Å². The molecular weight excluding hydrogens is 1090 g/mol. The van der Waals surface area contributed by atoms with E-state index in [0.717, 1.165) is 42.7 Å². The number of benzene rings is 1. The van der Waals surface area contributed by atoms with Gasteiger partial charge in [-0.05, 0) is 114 Å². The van der Waals surface area contributed by atoms with Crippen molar-refractivity contribution >= 4 is 47.6 Å². The van der Waals surface area contributed by atoms with E-state index in [4.69, 9.17) is 14.2 Å². The number of urea groups is 1. The summed E-state index contributed by atoms with van der Waals surface area (Å²) >= 11 is 1.81. The van der Waals surface area contributed by atoms with Crippen molar-refractivity contribution in [1.82, 2.24) is 31.1 Å². The zero-order chi connectivity index (χ0) is 60.1. The van der Waals surface area contributed by atoms with Crippen LogP contribution in [0.1, 0.15) is 147 Å². The SMILES string of the molecule is CC[C@H](O)[C@@H](C)[C@H]1O[C@@H]1C[C@H](C)/C=C/C=C(\C)[C@H]1OC(=O)C[C@H](O)CC[C@@](C)(O)[C@@H](OC(=O)NCCCC[C@H](NC(=O)c2ccc(C3(C(F)(F)F)N=N3)cc2)C(=O)N(C)CCN(C)C(=O)CCCC[C@H]2SC[C@H]3NC(=O)N[C@H]32)CC[C@@H]1C. The van der Waals surface area contributed by atoms with Gasteiger partial charge in [0.1, 0.15) is 18.2 Å². The third-order valence-corrected chi connectivity index (χ3v) is 18.2. The van der Waals surface area contributed by atoms with Crippen LogP contribution in [-0.4, -0.2) is 172 Å². The number of alkyl carbamates (subject to hydrolysis) is 1. The predicted octanol–water partition coefficient (Wildman–Crippen LogP) is 7.20. The summed E-state index contributed by atoms with van der Waals surface area (Å²) in [5, 5.41) is 50.9. The topological polar surface area (TPSA) is 273 Å². The number of aliphatic hydroxyl groups excluding tert-OH is 2. The van der Waals surface area contributed by atoms with Gasteiger partial charge in [0.2, 0.25) is 11.8 Å². The summed E-state index contributed by atoms with van der Waals surface area (Å²) in [4.78, 5) is 82.0. The van der Waals surface area contributed by atoms with Crippen molar-refractivity contribution in [2.45, 2.75) is 209 Å². The van der Waals surface area contributed by atoms with Crippen molar-refractivity contribution in [2.24, 2.45) is 28.0 Å². The summed E-state index contributed by atoms with van der Waals surface area (Å²) in [5.74, 6) is -1.07. The molecule has 5 aliphatic heterocycles. The van der Waals surface area contributed by atoms with Gasteiger partial charge >= 0.3 is 29.9 Å². The van der Waals surface area contributed by atoms with Crippen LogP contribution in [-0.2, 0) is 34.3 Å². The molecule has 0 aliphatic carbocycles. The van der Waals surface area contributed by atoms with E-state index < -0.39 is 71.8 Å². The molecule has 5 heterocycles. The molecule has 5 aliphatic rings. The molecule has 20 nitrogen and oxygen atoms in total. The minimum absolute atomic E-state index is 0.00529. The Morgan fingerprint density at radius 2 is 1.72 bits per heavy atom. The number of nitrogens with zero attached hydrogens (tertiary/aromatic N) is 4. The van der Waals surface area contributed by atoms with E-state index in [9.17, 15) is 57.3 Å². The molecule has 0 spiro atoms. The first-order valence-electron chi connectivity index (χ1n) is 29.1. The van der Waals surface area contributed by atoms with Gasteiger partial charge in [-0.3, -0.25) is 19.2 Å². The van der Waals surface area contributed by atoms with Gasteiger partial charge in [0, 0.05) is 68.2 Å². The highest BCUT2D eigenvalue weighted by Gasteiger charge is 2.65. The summed E-state index contributed by atoms with van der Waals surface area (Å²) < 4.78 is 58.8. The molecule has 0 unspecified atom stereocenters. The number of likely N-dealkylation sites (N-methyl/N-ethyl adjacent to an activating group) is 2. The second kappa shape index (κ2) is 29.5. The Morgan fingerprint density at radius 1 is 1.01 bits per heavy atom. The Bertz CT molecular complexity index is 2440. The van der Waals surface area contributed by atoms with Crippen molar-refractivity contribution < 1.29 is 71.5 Å². The Kier molecular flexibility index (Phi) is 23.7. The van der Waals surface area contributed by atoms with Crippen molar-refractivity contribution in [3.8, 4) is 0 Å². The molecule has 0 bridgehead atoms. The molecule has 14 atom stereocenters. The number of unbranched alkanes of at least 4 members (excludes halogenated alkanes) is 2. The number of allylic oxidation sites excluding steroid dienone is 3. The van der Waals surface area contributed by atoms with Gasteiger partial charge in [-0.15, -0.1) is 10.2 Å². The van der Waals surface area contributed by atoms with Crippen LogP contribution in [0.5, 0.6) is 0 Å². The second-order valence-electron chi connectivity index (χ2n) is 23.4. The van der Waals surface area contributed by atoms with Crippen LogP contribution in [0.25, 0.3) is 0 Å². The average molecular weight is 1180 g/mol. The lowest BCUT2D eigenvalue weighted by Gasteiger charge is -2.35. The number of carbonyl (C=O) groups is 6. The van der Waals surface area contributed by atoms with E-state index in [-0.39, 0.29) is 122 Å². The Labute approximate surface area is 483 Å². The molecule has 0 aromatic heterocycles.